The number of ether oxygens (including phenoxy) is 2. The highest BCUT2D eigenvalue weighted by Gasteiger charge is 2.15. The molecule has 0 heterocycles. The van der Waals surface area contributed by atoms with Gasteiger partial charge in [-0.25, -0.2) is 4.79 Å². The van der Waals surface area contributed by atoms with E-state index in [9.17, 15) is 18.4 Å². The zero-order chi connectivity index (χ0) is 16.0. The molecule has 0 bridgehead atoms. The average Bonchev–Trinajstić information content (AvgIpc) is 2.33. The minimum absolute atomic E-state index is 0.121. The first-order chi connectivity index (χ1) is 9.79. The summed E-state index contributed by atoms with van der Waals surface area (Å²) in [6.07, 6.45) is 0. The number of alkyl halides is 2. The Kier molecular flexibility index (Phi) is 6.60. The topological polar surface area (TPSA) is 84.9 Å². The normalized spacial score (nSPS) is 10.5. The number of carboxylic acid groups (broad SMARTS) is 1. The zero-order valence-corrected chi connectivity index (χ0v) is 11.8. The molecule has 2 N–H and O–H groups in total. The molecule has 1 rings (SSSR count). The average molecular weight is 344 g/mol. The lowest BCUT2D eigenvalue weighted by Gasteiger charge is -2.11. The summed E-state index contributed by atoms with van der Waals surface area (Å²) in [5.41, 5.74) is 0.121. The quantitative estimate of drug-likeness (QED) is 0.794. The molecule has 21 heavy (non-hydrogen) atoms. The van der Waals surface area contributed by atoms with E-state index in [-0.39, 0.29) is 15.7 Å². The van der Waals surface area contributed by atoms with Crippen molar-refractivity contribution in [1.29, 1.82) is 0 Å². The molecule has 1 aromatic carbocycles. The van der Waals surface area contributed by atoms with Crippen LogP contribution in [-0.2, 0) is 14.3 Å². The molecule has 1 amide bonds. The highest BCUT2D eigenvalue weighted by molar-refractivity contribution is 6.37. The Morgan fingerprint density at radius 3 is 2.29 bits per heavy atom. The molecule has 0 aliphatic carbocycles. The van der Waals surface area contributed by atoms with Crippen LogP contribution < -0.4 is 10.1 Å². The molecule has 1 aromatic rings. The molecule has 0 saturated carbocycles. The van der Waals surface area contributed by atoms with Crippen molar-refractivity contribution >= 4 is 40.8 Å². The van der Waals surface area contributed by atoms with E-state index in [1.165, 1.54) is 0 Å². The number of carbonyl (C=O) groups is 2. The number of rotatable bonds is 7. The van der Waals surface area contributed by atoms with Crippen LogP contribution in [0.2, 0.25) is 10.0 Å². The Balaban J connectivity index is 2.68. The summed E-state index contributed by atoms with van der Waals surface area (Å²) in [6, 6.07) is 2.31. The number of hydrogen-bond acceptors (Lipinski definition) is 4. The number of aliphatic carboxylic acids is 1. The second kappa shape index (κ2) is 7.96. The van der Waals surface area contributed by atoms with E-state index >= 15 is 0 Å². The molecule has 0 spiro atoms. The second-order valence-corrected chi connectivity index (χ2v) is 4.40. The second-order valence-electron chi connectivity index (χ2n) is 3.58. The lowest BCUT2D eigenvalue weighted by Crippen LogP contribution is -2.20. The third kappa shape index (κ3) is 6.11. The van der Waals surface area contributed by atoms with Crippen LogP contribution >= 0.6 is 23.2 Å². The van der Waals surface area contributed by atoms with Gasteiger partial charge >= 0.3 is 12.6 Å². The molecule has 0 radical (unpaired) electrons. The van der Waals surface area contributed by atoms with Gasteiger partial charge in [-0.15, -0.1) is 0 Å². The fourth-order valence-corrected chi connectivity index (χ4v) is 1.84. The summed E-state index contributed by atoms with van der Waals surface area (Å²) in [6.45, 7) is -4.22. The number of amides is 1. The molecule has 116 valence electrons. The van der Waals surface area contributed by atoms with Gasteiger partial charge in [-0.2, -0.15) is 8.78 Å². The standard InChI is InChI=1S/C11H9Cl2F2NO5/c12-6-1-5(2-7(13)10(6)21-11(14)15)16-8(17)3-20-4-9(18)19/h1-2,11H,3-4H2,(H,16,17)(H,18,19). The molecule has 10 heteroatoms. The van der Waals surface area contributed by atoms with Crippen LogP contribution in [0.15, 0.2) is 12.1 Å². The number of carboxylic acids is 1. The number of halogens is 4. The van der Waals surface area contributed by atoms with E-state index < -0.39 is 37.5 Å². The number of hydrogen-bond donors (Lipinski definition) is 2. The Morgan fingerprint density at radius 2 is 1.81 bits per heavy atom. The van der Waals surface area contributed by atoms with Crippen molar-refractivity contribution in [3.8, 4) is 5.75 Å². The minimum Gasteiger partial charge on any atom is -0.480 e. The Labute approximate surface area is 127 Å². The molecule has 0 aliphatic heterocycles. The fraction of sp³-hybridized carbons (Fsp3) is 0.273. The highest BCUT2D eigenvalue weighted by atomic mass is 35.5. The van der Waals surface area contributed by atoms with Crippen LogP contribution in [0.4, 0.5) is 14.5 Å². The van der Waals surface area contributed by atoms with Crippen molar-refractivity contribution in [3.63, 3.8) is 0 Å². The Hall–Kier alpha value is -1.64. The van der Waals surface area contributed by atoms with Crippen LogP contribution in [0.25, 0.3) is 0 Å². The SMILES string of the molecule is O=C(O)COCC(=O)Nc1cc(Cl)c(OC(F)F)c(Cl)c1. The number of carbonyl (C=O) groups excluding carboxylic acids is 1. The maximum absolute atomic E-state index is 12.1. The molecular weight excluding hydrogens is 335 g/mol. The summed E-state index contributed by atoms with van der Waals surface area (Å²) in [5.74, 6) is -2.29. The molecule has 6 nitrogen and oxygen atoms in total. The molecule has 0 atom stereocenters. The van der Waals surface area contributed by atoms with Gasteiger partial charge in [0.05, 0.1) is 10.0 Å². The Bertz CT molecular complexity index is 518. The van der Waals surface area contributed by atoms with Crippen LogP contribution in [0.5, 0.6) is 5.75 Å². The number of anilines is 1. The van der Waals surface area contributed by atoms with Gasteiger partial charge in [-0.05, 0) is 12.1 Å². The summed E-state index contributed by atoms with van der Waals surface area (Å²) >= 11 is 11.4. The smallest absolute Gasteiger partial charge is 0.387 e. The number of benzene rings is 1. The first-order valence-corrected chi connectivity index (χ1v) is 6.08. The van der Waals surface area contributed by atoms with Crippen molar-refractivity contribution < 1.29 is 33.0 Å². The summed E-state index contributed by atoms with van der Waals surface area (Å²) < 4.78 is 32.9. The van der Waals surface area contributed by atoms with Crippen LogP contribution in [0.3, 0.4) is 0 Å². The molecular formula is C11H9Cl2F2NO5. The van der Waals surface area contributed by atoms with Gasteiger partial charge in [0, 0.05) is 5.69 Å². The monoisotopic (exact) mass is 343 g/mol. The molecule has 0 unspecified atom stereocenters. The first-order valence-electron chi connectivity index (χ1n) is 5.33. The largest absolute Gasteiger partial charge is 0.480 e. The lowest BCUT2D eigenvalue weighted by atomic mass is 10.3. The van der Waals surface area contributed by atoms with Gasteiger partial charge in [0.15, 0.2) is 5.75 Å². The maximum atomic E-state index is 12.1. The van der Waals surface area contributed by atoms with E-state index in [4.69, 9.17) is 28.3 Å². The number of nitrogens with one attached hydrogen (secondary N) is 1. The lowest BCUT2D eigenvalue weighted by molar-refractivity contribution is -0.143. The Morgan fingerprint density at radius 1 is 1.24 bits per heavy atom. The van der Waals surface area contributed by atoms with Gasteiger partial charge < -0.3 is 19.9 Å². The van der Waals surface area contributed by atoms with Crippen molar-refractivity contribution in [3.05, 3.63) is 22.2 Å². The third-order valence-electron chi connectivity index (χ3n) is 1.95. The molecule has 0 aliphatic rings. The van der Waals surface area contributed by atoms with Gasteiger partial charge in [-0.3, -0.25) is 4.79 Å². The summed E-state index contributed by atoms with van der Waals surface area (Å²) in [4.78, 5) is 21.6. The van der Waals surface area contributed by atoms with E-state index in [0.717, 1.165) is 12.1 Å². The fourth-order valence-electron chi connectivity index (χ4n) is 1.26. The van der Waals surface area contributed by atoms with Gasteiger partial charge in [-0.1, -0.05) is 23.2 Å². The van der Waals surface area contributed by atoms with Gasteiger partial charge in [0.2, 0.25) is 5.91 Å². The van der Waals surface area contributed by atoms with Crippen molar-refractivity contribution in [2.45, 2.75) is 6.61 Å². The predicted octanol–water partition coefficient (Wildman–Crippen LogP) is 2.63. The van der Waals surface area contributed by atoms with Gasteiger partial charge in [0.1, 0.15) is 13.2 Å². The predicted molar refractivity (Wildman–Crippen MR) is 70.2 cm³/mol. The summed E-state index contributed by atoms with van der Waals surface area (Å²) in [7, 11) is 0. The first kappa shape index (κ1) is 17.4. The van der Waals surface area contributed by atoms with E-state index in [1.54, 1.807) is 0 Å². The van der Waals surface area contributed by atoms with Crippen molar-refractivity contribution in [1.82, 2.24) is 0 Å². The van der Waals surface area contributed by atoms with E-state index in [1.807, 2.05) is 0 Å². The van der Waals surface area contributed by atoms with Crippen LogP contribution in [0.1, 0.15) is 0 Å². The zero-order valence-electron chi connectivity index (χ0n) is 10.2. The summed E-state index contributed by atoms with van der Waals surface area (Å²) in [5, 5.41) is 10.2. The van der Waals surface area contributed by atoms with Gasteiger partial charge in [0.25, 0.3) is 0 Å². The van der Waals surface area contributed by atoms with Crippen LogP contribution in [0, 0.1) is 0 Å². The molecule has 0 aromatic heterocycles. The van der Waals surface area contributed by atoms with Crippen molar-refractivity contribution in [2.24, 2.45) is 0 Å². The third-order valence-corrected chi connectivity index (χ3v) is 2.51. The molecule has 0 saturated heterocycles. The maximum Gasteiger partial charge on any atom is 0.387 e. The van der Waals surface area contributed by atoms with Crippen molar-refractivity contribution in [2.75, 3.05) is 18.5 Å². The highest BCUT2D eigenvalue weighted by Crippen LogP contribution is 2.36. The molecule has 0 fully saturated rings. The van der Waals surface area contributed by atoms with E-state index in [0.29, 0.717) is 0 Å². The van der Waals surface area contributed by atoms with E-state index in [2.05, 4.69) is 14.8 Å². The van der Waals surface area contributed by atoms with Crippen LogP contribution in [-0.4, -0.2) is 36.8 Å². The minimum atomic E-state index is -3.09.